The van der Waals surface area contributed by atoms with Crippen molar-refractivity contribution in [1.29, 1.82) is 0 Å². The average Bonchev–Trinajstić information content (AvgIpc) is 2.94. The monoisotopic (exact) mass is 234 g/mol. The summed E-state index contributed by atoms with van der Waals surface area (Å²) in [7, 11) is 0. The van der Waals surface area contributed by atoms with E-state index in [0.717, 1.165) is 18.5 Å². The Kier molecular flexibility index (Phi) is 2.45. The zero-order valence-electron chi connectivity index (χ0n) is 9.28. The highest BCUT2D eigenvalue weighted by Crippen LogP contribution is 2.30. The van der Waals surface area contributed by atoms with E-state index in [0.29, 0.717) is 11.2 Å². The first-order valence-electron chi connectivity index (χ1n) is 5.63. The standard InChI is InChI=1S/C11H14N4O2/c12-8-3-4-13-11-10(8)14-6-15(11)9-2-1-7(5-16)17-9/h3-4,6-7,9,16H,1-2,5H2,(H2,12,13)/t7-,9+/m0/s1. The van der Waals surface area contributed by atoms with Gasteiger partial charge in [0, 0.05) is 6.20 Å². The molecule has 0 radical (unpaired) electrons. The molecule has 90 valence electrons. The Bertz CT molecular complexity index is 539. The third-order valence-corrected chi connectivity index (χ3v) is 3.09. The number of imidazole rings is 1. The Morgan fingerprint density at radius 3 is 3.12 bits per heavy atom. The van der Waals surface area contributed by atoms with Gasteiger partial charge in [-0.05, 0) is 18.9 Å². The van der Waals surface area contributed by atoms with Gasteiger partial charge in [0.1, 0.15) is 11.7 Å². The maximum atomic E-state index is 9.05. The molecule has 2 atom stereocenters. The van der Waals surface area contributed by atoms with Crippen molar-refractivity contribution >= 4 is 16.9 Å². The molecule has 0 aromatic carbocycles. The van der Waals surface area contributed by atoms with Crippen molar-refractivity contribution in [3.63, 3.8) is 0 Å². The second-order valence-electron chi connectivity index (χ2n) is 4.20. The van der Waals surface area contributed by atoms with E-state index >= 15 is 0 Å². The molecule has 0 unspecified atom stereocenters. The van der Waals surface area contributed by atoms with Crippen LogP contribution in [0.15, 0.2) is 18.6 Å². The van der Waals surface area contributed by atoms with E-state index in [1.165, 1.54) is 0 Å². The highest BCUT2D eigenvalue weighted by molar-refractivity contribution is 5.83. The number of hydrogen-bond donors (Lipinski definition) is 2. The number of pyridine rings is 1. The quantitative estimate of drug-likeness (QED) is 0.798. The number of aliphatic hydroxyl groups is 1. The molecule has 3 N–H and O–H groups in total. The lowest BCUT2D eigenvalue weighted by Gasteiger charge is -2.13. The summed E-state index contributed by atoms with van der Waals surface area (Å²) in [6.45, 7) is 0.0543. The Hall–Kier alpha value is -1.66. The molecule has 2 aromatic rings. The van der Waals surface area contributed by atoms with Gasteiger partial charge >= 0.3 is 0 Å². The molecule has 3 rings (SSSR count). The molecule has 2 aromatic heterocycles. The van der Waals surface area contributed by atoms with Crippen molar-refractivity contribution < 1.29 is 9.84 Å². The molecule has 1 saturated heterocycles. The van der Waals surface area contributed by atoms with E-state index in [1.807, 2.05) is 4.57 Å². The van der Waals surface area contributed by atoms with Crippen LogP contribution in [0.2, 0.25) is 0 Å². The van der Waals surface area contributed by atoms with Crippen LogP contribution in [-0.4, -0.2) is 32.4 Å². The summed E-state index contributed by atoms with van der Waals surface area (Å²) >= 11 is 0. The fraction of sp³-hybridized carbons (Fsp3) is 0.455. The van der Waals surface area contributed by atoms with Gasteiger partial charge in [0.25, 0.3) is 0 Å². The lowest BCUT2D eigenvalue weighted by Crippen LogP contribution is -2.14. The van der Waals surface area contributed by atoms with E-state index in [4.69, 9.17) is 15.6 Å². The summed E-state index contributed by atoms with van der Waals surface area (Å²) in [5.41, 5.74) is 7.87. The predicted molar refractivity (Wildman–Crippen MR) is 62.2 cm³/mol. The van der Waals surface area contributed by atoms with Crippen LogP contribution in [0.4, 0.5) is 5.69 Å². The van der Waals surface area contributed by atoms with Crippen molar-refractivity contribution in [3.05, 3.63) is 18.6 Å². The van der Waals surface area contributed by atoms with Crippen molar-refractivity contribution in [2.24, 2.45) is 0 Å². The fourth-order valence-electron chi connectivity index (χ4n) is 2.19. The van der Waals surface area contributed by atoms with Crippen LogP contribution in [0, 0.1) is 0 Å². The zero-order chi connectivity index (χ0) is 11.8. The Morgan fingerprint density at radius 1 is 1.47 bits per heavy atom. The first-order valence-corrected chi connectivity index (χ1v) is 5.63. The number of rotatable bonds is 2. The predicted octanol–water partition coefficient (Wildman–Crippen LogP) is 0.683. The maximum Gasteiger partial charge on any atom is 0.164 e. The van der Waals surface area contributed by atoms with Gasteiger partial charge in [0.05, 0.1) is 24.7 Å². The van der Waals surface area contributed by atoms with Gasteiger partial charge in [-0.1, -0.05) is 0 Å². The first kappa shape index (κ1) is 10.5. The minimum atomic E-state index is -0.105. The van der Waals surface area contributed by atoms with E-state index in [-0.39, 0.29) is 18.9 Å². The number of aliphatic hydroxyl groups excluding tert-OH is 1. The lowest BCUT2D eigenvalue weighted by atomic mass is 10.2. The molecular formula is C11H14N4O2. The summed E-state index contributed by atoms with van der Waals surface area (Å²) in [6.07, 6.45) is 4.87. The molecule has 1 fully saturated rings. The molecule has 6 nitrogen and oxygen atoms in total. The van der Waals surface area contributed by atoms with Crippen LogP contribution < -0.4 is 5.73 Å². The van der Waals surface area contributed by atoms with Crippen LogP contribution in [0.25, 0.3) is 11.2 Å². The van der Waals surface area contributed by atoms with Crippen LogP contribution >= 0.6 is 0 Å². The second kappa shape index (κ2) is 3.97. The Morgan fingerprint density at radius 2 is 2.35 bits per heavy atom. The minimum Gasteiger partial charge on any atom is -0.397 e. The largest absolute Gasteiger partial charge is 0.397 e. The highest BCUT2D eigenvalue weighted by Gasteiger charge is 2.27. The van der Waals surface area contributed by atoms with Crippen LogP contribution in [0.3, 0.4) is 0 Å². The topological polar surface area (TPSA) is 86.2 Å². The molecule has 0 bridgehead atoms. The van der Waals surface area contributed by atoms with E-state index in [2.05, 4.69) is 9.97 Å². The molecule has 6 heteroatoms. The molecular weight excluding hydrogens is 220 g/mol. The van der Waals surface area contributed by atoms with Gasteiger partial charge in [0.15, 0.2) is 5.65 Å². The zero-order valence-corrected chi connectivity index (χ0v) is 9.28. The van der Waals surface area contributed by atoms with E-state index in [1.54, 1.807) is 18.6 Å². The third-order valence-electron chi connectivity index (χ3n) is 3.09. The van der Waals surface area contributed by atoms with Crippen molar-refractivity contribution in [2.45, 2.75) is 25.2 Å². The minimum absolute atomic E-state index is 0.0543. The average molecular weight is 234 g/mol. The van der Waals surface area contributed by atoms with Crippen LogP contribution in [-0.2, 0) is 4.74 Å². The maximum absolute atomic E-state index is 9.05. The third kappa shape index (κ3) is 1.65. The van der Waals surface area contributed by atoms with Crippen molar-refractivity contribution in [1.82, 2.24) is 14.5 Å². The highest BCUT2D eigenvalue weighted by atomic mass is 16.5. The number of nitrogens with two attached hydrogens (primary N) is 1. The smallest absolute Gasteiger partial charge is 0.164 e. The molecule has 0 saturated carbocycles. The van der Waals surface area contributed by atoms with E-state index in [9.17, 15) is 0 Å². The molecule has 0 aliphatic carbocycles. The summed E-state index contributed by atoms with van der Waals surface area (Å²) in [4.78, 5) is 8.52. The van der Waals surface area contributed by atoms with Crippen molar-refractivity contribution in [2.75, 3.05) is 12.3 Å². The van der Waals surface area contributed by atoms with Gasteiger partial charge in [-0.25, -0.2) is 9.97 Å². The normalized spacial score (nSPS) is 24.5. The first-order chi connectivity index (χ1) is 8.29. The molecule has 1 aliphatic rings. The molecule has 0 spiro atoms. The van der Waals surface area contributed by atoms with Gasteiger partial charge in [0.2, 0.25) is 0 Å². The lowest BCUT2D eigenvalue weighted by molar-refractivity contribution is -0.0207. The summed E-state index contributed by atoms with van der Waals surface area (Å²) < 4.78 is 7.57. The Labute approximate surface area is 98.0 Å². The summed E-state index contributed by atoms with van der Waals surface area (Å²) in [5, 5.41) is 9.05. The number of hydrogen-bond acceptors (Lipinski definition) is 5. The fourth-order valence-corrected chi connectivity index (χ4v) is 2.19. The number of anilines is 1. The molecule has 1 aliphatic heterocycles. The Balaban J connectivity index is 1.99. The second-order valence-corrected chi connectivity index (χ2v) is 4.20. The number of aromatic nitrogens is 3. The number of nitrogen functional groups attached to an aromatic ring is 1. The van der Waals surface area contributed by atoms with Gasteiger partial charge in [-0.15, -0.1) is 0 Å². The van der Waals surface area contributed by atoms with Crippen LogP contribution in [0.5, 0.6) is 0 Å². The molecule has 17 heavy (non-hydrogen) atoms. The number of fused-ring (bicyclic) bond motifs is 1. The molecule has 0 amide bonds. The number of ether oxygens (including phenoxy) is 1. The molecule has 3 heterocycles. The van der Waals surface area contributed by atoms with Gasteiger partial charge in [-0.3, -0.25) is 4.57 Å². The van der Waals surface area contributed by atoms with Gasteiger partial charge in [-0.2, -0.15) is 0 Å². The van der Waals surface area contributed by atoms with Crippen LogP contribution in [0.1, 0.15) is 19.1 Å². The summed E-state index contributed by atoms with van der Waals surface area (Å²) in [5.74, 6) is 0. The SMILES string of the molecule is Nc1ccnc2c1ncn2[C@H]1CC[C@@H](CO)O1. The van der Waals surface area contributed by atoms with Crippen molar-refractivity contribution in [3.8, 4) is 0 Å². The summed E-state index contributed by atoms with van der Waals surface area (Å²) in [6, 6.07) is 1.73. The van der Waals surface area contributed by atoms with E-state index < -0.39 is 0 Å². The number of nitrogens with zero attached hydrogens (tertiary/aromatic N) is 3. The van der Waals surface area contributed by atoms with Gasteiger partial charge < -0.3 is 15.6 Å².